The van der Waals surface area contributed by atoms with Crippen LogP contribution in [-0.2, 0) is 0 Å². The molecule has 2 heterocycles. The maximum absolute atomic E-state index is 5.31. The van der Waals surface area contributed by atoms with E-state index in [1.807, 2.05) is 6.92 Å². The standard InChI is InChI=1S/C22H32N4S/c1-3-5-6-7-12-26-13-10-17(11-14-26)20-16-24-21-9-8-18(15-19(20)21)25-22(27)23-4-2/h8-10,15-16,24H,3-7,11-14H2,1-2H3,(H2,23,25,27). The molecule has 0 spiro atoms. The highest BCUT2D eigenvalue weighted by Gasteiger charge is 2.15. The number of H-pyrrole nitrogens is 1. The molecule has 146 valence electrons. The van der Waals surface area contributed by atoms with Gasteiger partial charge in [0.05, 0.1) is 0 Å². The van der Waals surface area contributed by atoms with Crippen LogP contribution in [-0.4, -0.2) is 41.2 Å². The van der Waals surface area contributed by atoms with E-state index in [0.29, 0.717) is 5.11 Å². The highest BCUT2D eigenvalue weighted by atomic mass is 32.1. The molecule has 0 amide bonds. The summed E-state index contributed by atoms with van der Waals surface area (Å²) < 4.78 is 0. The highest BCUT2D eigenvalue weighted by molar-refractivity contribution is 7.80. The lowest BCUT2D eigenvalue weighted by atomic mass is 9.98. The van der Waals surface area contributed by atoms with Crippen LogP contribution >= 0.6 is 12.2 Å². The molecule has 0 saturated carbocycles. The van der Waals surface area contributed by atoms with Crippen LogP contribution in [0.5, 0.6) is 0 Å². The van der Waals surface area contributed by atoms with Gasteiger partial charge >= 0.3 is 0 Å². The third kappa shape index (κ3) is 5.33. The van der Waals surface area contributed by atoms with Gasteiger partial charge in [-0.25, -0.2) is 0 Å². The molecule has 0 radical (unpaired) electrons. The van der Waals surface area contributed by atoms with E-state index in [1.165, 1.54) is 54.3 Å². The molecule has 4 nitrogen and oxygen atoms in total. The van der Waals surface area contributed by atoms with Crippen LogP contribution in [0.4, 0.5) is 5.69 Å². The average Bonchev–Trinajstić information content (AvgIpc) is 3.09. The molecular formula is C22H32N4S. The Labute approximate surface area is 168 Å². The quantitative estimate of drug-likeness (QED) is 0.435. The molecule has 0 bridgehead atoms. The number of nitrogens with one attached hydrogen (secondary N) is 3. The van der Waals surface area contributed by atoms with Crippen molar-refractivity contribution in [2.75, 3.05) is 31.5 Å². The molecule has 0 atom stereocenters. The minimum atomic E-state index is 0.671. The van der Waals surface area contributed by atoms with Crippen molar-refractivity contribution in [2.24, 2.45) is 0 Å². The molecule has 5 heteroatoms. The van der Waals surface area contributed by atoms with E-state index in [0.717, 1.165) is 31.7 Å². The summed E-state index contributed by atoms with van der Waals surface area (Å²) in [5, 5.41) is 8.35. The second kappa shape index (κ2) is 9.90. The Balaban J connectivity index is 1.67. The van der Waals surface area contributed by atoms with Crippen LogP contribution in [0.1, 0.15) is 51.5 Å². The fraction of sp³-hybridized carbons (Fsp3) is 0.500. The third-order valence-corrected chi connectivity index (χ3v) is 5.49. The van der Waals surface area contributed by atoms with Crippen molar-refractivity contribution in [1.82, 2.24) is 15.2 Å². The van der Waals surface area contributed by atoms with Crippen LogP contribution in [0.3, 0.4) is 0 Å². The predicted octanol–water partition coefficient (Wildman–Crippen LogP) is 5.14. The average molecular weight is 385 g/mol. The summed E-state index contributed by atoms with van der Waals surface area (Å²) in [6, 6.07) is 6.39. The Hall–Kier alpha value is -1.85. The second-order valence-corrected chi connectivity index (χ2v) is 7.70. The SMILES string of the molecule is CCCCCCN1CC=C(c2c[nH]c3ccc(NC(=S)NCC)cc23)CC1. The van der Waals surface area contributed by atoms with Gasteiger partial charge in [0, 0.05) is 48.0 Å². The summed E-state index contributed by atoms with van der Waals surface area (Å²) in [7, 11) is 0. The lowest BCUT2D eigenvalue weighted by Gasteiger charge is -2.26. The van der Waals surface area contributed by atoms with Crippen LogP contribution in [0.2, 0.25) is 0 Å². The summed E-state index contributed by atoms with van der Waals surface area (Å²) in [5.41, 5.74) is 4.99. The minimum Gasteiger partial charge on any atom is -0.363 e. The topological polar surface area (TPSA) is 43.1 Å². The number of rotatable bonds is 8. The van der Waals surface area contributed by atoms with E-state index in [4.69, 9.17) is 12.2 Å². The lowest BCUT2D eigenvalue weighted by molar-refractivity contribution is 0.294. The van der Waals surface area contributed by atoms with Gasteiger partial charge in [0.15, 0.2) is 5.11 Å². The molecule has 1 aliphatic heterocycles. The molecule has 2 aromatic rings. The van der Waals surface area contributed by atoms with Gasteiger partial charge in [-0.15, -0.1) is 0 Å². The molecule has 1 aromatic heterocycles. The highest BCUT2D eigenvalue weighted by Crippen LogP contribution is 2.31. The number of unbranched alkanes of at least 4 members (excludes halogenated alkanes) is 3. The van der Waals surface area contributed by atoms with Crippen molar-refractivity contribution < 1.29 is 0 Å². The Bertz CT molecular complexity index is 793. The number of aromatic amines is 1. The van der Waals surface area contributed by atoms with Crippen LogP contribution in [0.15, 0.2) is 30.5 Å². The van der Waals surface area contributed by atoms with Crippen molar-refractivity contribution in [2.45, 2.75) is 46.0 Å². The van der Waals surface area contributed by atoms with Crippen LogP contribution in [0.25, 0.3) is 16.5 Å². The smallest absolute Gasteiger partial charge is 0.170 e. The molecule has 3 N–H and O–H groups in total. The fourth-order valence-corrected chi connectivity index (χ4v) is 3.98. The summed E-state index contributed by atoms with van der Waals surface area (Å²) >= 11 is 5.31. The van der Waals surface area contributed by atoms with Gasteiger partial charge in [-0.1, -0.05) is 32.3 Å². The van der Waals surface area contributed by atoms with E-state index >= 15 is 0 Å². The molecule has 27 heavy (non-hydrogen) atoms. The van der Waals surface area contributed by atoms with Crippen molar-refractivity contribution in [3.63, 3.8) is 0 Å². The number of anilines is 1. The van der Waals surface area contributed by atoms with Gasteiger partial charge in [-0.05, 0) is 62.3 Å². The van der Waals surface area contributed by atoms with Gasteiger partial charge in [0.1, 0.15) is 0 Å². The number of nitrogens with zero attached hydrogens (tertiary/aromatic N) is 1. The Kier molecular flexibility index (Phi) is 7.30. The predicted molar refractivity (Wildman–Crippen MR) is 121 cm³/mol. The van der Waals surface area contributed by atoms with Gasteiger partial charge in [-0.2, -0.15) is 0 Å². The number of benzene rings is 1. The third-order valence-electron chi connectivity index (χ3n) is 5.24. The number of hydrogen-bond acceptors (Lipinski definition) is 2. The van der Waals surface area contributed by atoms with E-state index in [9.17, 15) is 0 Å². The molecule has 0 saturated heterocycles. The van der Waals surface area contributed by atoms with Crippen molar-refractivity contribution >= 4 is 39.5 Å². The normalized spacial score (nSPS) is 15.0. The Morgan fingerprint density at radius 1 is 1.22 bits per heavy atom. The summed E-state index contributed by atoms with van der Waals surface area (Å²) in [6.45, 7) is 8.60. The number of hydrogen-bond donors (Lipinski definition) is 3. The second-order valence-electron chi connectivity index (χ2n) is 7.29. The monoisotopic (exact) mass is 384 g/mol. The van der Waals surface area contributed by atoms with Crippen LogP contribution in [0, 0.1) is 0 Å². The van der Waals surface area contributed by atoms with Gasteiger partial charge in [0.2, 0.25) is 0 Å². The molecule has 3 rings (SSSR count). The summed E-state index contributed by atoms with van der Waals surface area (Å²) in [5.74, 6) is 0. The summed E-state index contributed by atoms with van der Waals surface area (Å²) in [4.78, 5) is 6.00. The first-order valence-corrected chi connectivity index (χ1v) is 10.7. The molecule has 1 aromatic carbocycles. The molecule has 0 fully saturated rings. The zero-order chi connectivity index (χ0) is 19.1. The maximum Gasteiger partial charge on any atom is 0.170 e. The van der Waals surface area contributed by atoms with Crippen molar-refractivity contribution in [3.05, 3.63) is 36.0 Å². The first-order valence-electron chi connectivity index (χ1n) is 10.3. The van der Waals surface area contributed by atoms with Crippen LogP contribution < -0.4 is 10.6 Å². The number of aromatic nitrogens is 1. The Morgan fingerprint density at radius 3 is 2.85 bits per heavy atom. The van der Waals surface area contributed by atoms with E-state index in [-0.39, 0.29) is 0 Å². The van der Waals surface area contributed by atoms with Crippen molar-refractivity contribution in [3.8, 4) is 0 Å². The zero-order valence-corrected chi connectivity index (χ0v) is 17.4. The molecule has 1 aliphatic rings. The van der Waals surface area contributed by atoms with Gasteiger partial charge < -0.3 is 15.6 Å². The van der Waals surface area contributed by atoms with E-state index in [2.05, 4.69) is 57.9 Å². The first kappa shape index (κ1) is 19.9. The largest absolute Gasteiger partial charge is 0.363 e. The molecule has 0 unspecified atom stereocenters. The van der Waals surface area contributed by atoms with E-state index in [1.54, 1.807) is 0 Å². The number of fused-ring (bicyclic) bond motifs is 1. The van der Waals surface area contributed by atoms with Gasteiger partial charge in [-0.3, -0.25) is 4.90 Å². The fourth-order valence-electron chi connectivity index (χ4n) is 3.72. The maximum atomic E-state index is 5.31. The van der Waals surface area contributed by atoms with Crippen molar-refractivity contribution in [1.29, 1.82) is 0 Å². The first-order chi connectivity index (χ1) is 13.2. The lowest BCUT2D eigenvalue weighted by Crippen LogP contribution is -2.29. The van der Waals surface area contributed by atoms with E-state index < -0.39 is 0 Å². The Morgan fingerprint density at radius 2 is 2.11 bits per heavy atom. The molecular weight excluding hydrogens is 352 g/mol. The van der Waals surface area contributed by atoms with Gasteiger partial charge in [0.25, 0.3) is 0 Å². The molecule has 0 aliphatic carbocycles. The zero-order valence-electron chi connectivity index (χ0n) is 16.6. The minimum absolute atomic E-state index is 0.671. The number of thiocarbonyl (C=S) groups is 1. The summed E-state index contributed by atoms with van der Waals surface area (Å²) in [6.07, 6.45) is 11.0.